The zero-order chi connectivity index (χ0) is 17.6. The van der Waals surface area contributed by atoms with E-state index in [0.717, 1.165) is 26.6 Å². The van der Waals surface area contributed by atoms with Crippen LogP contribution in [-0.2, 0) is 0 Å². The Morgan fingerprint density at radius 1 is 1.20 bits per heavy atom. The SMILES string of the molecule is Cc1cc(Br)c2nc(C)c(C(=O)Nc3cccc4cccnc34)n2c1. The second-order valence-electron chi connectivity index (χ2n) is 5.94. The summed E-state index contributed by atoms with van der Waals surface area (Å²) in [7, 11) is 0. The average molecular weight is 395 g/mol. The molecule has 4 rings (SSSR count). The summed E-state index contributed by atoms with van der Waals surface area (Å²) in [4.78, 5) is 21.9. The van der Waals surface area contributed by atoms with Gasteiger partial charge in [0.25, 0.3) is 5.91 Å². The minimum Gasteiger partial charge on any atom is -0.319 e. The standard InChI is InChI=1S/C19H15BrN4O/c1-11-9-14(20)18-22-12(2)17(24(18)10-11)19(25)23-15-7-3-5-13-6-4-8-21-16(13)15/h3-10H,1-2H3,(H,23,25). The molecule has 124 valence electrons. The number of fused-ring (bicyclic) bond motifs is 2. The summed E-state index contributed by atoms with van der Waals surface area (Å²) in [5, 5.41) is 3.96. The quantitative estimate of drug-likeness (QED) is 0.543. The van der Waals surface area contributed by atoms with Crippen LogP contribution in [-0.4, -0.2) is 20.3 Å². The number of aromatic nitrogens is 3. The highest BCUT2D eigenvalue weighted by atomic mass is 79.9. The van der Waals surface area contributed by atoms with Crippen LogP contribution in [0.5, 0.6) is 0 Å². The van der Waals surface area contributed by atoms with Gasteiger partial charge in [0.05, 0.1) is 21.4 Å². The van der Waals surface area contributed by atoms with Crippen molar-refractivity contribution in [1.29, 1.82) is 0 Å². The van der Waals surface area contributed by atoms with Gasteiger partial charge in [0, 0.05) is 17.8 Å². The molecular weight excluding hydrogens is 380 g/mol. The molecule has 5 nitrogen and oxygen atoms in total. The molecule has 0 radical (unpaired) electrons. The first kappa shape index (κ1) is 15.8. The molecular formula is C19H15BrN4O. The van der Waals surface area contributed by atoms with Gasteiger partial charge in [0.15, 0.2) is 5.65 Å². The highest BCUT2D eigenvalue weighted by Gasteiger charge is 2.19. The molecule has 3 aromatic heterocycles. The number of rotatable bonds is 2. The summed E-state index contributed by atoms with van der Waals surface area (Å²) in [6.45, 7) is 3.82. The summed E-state index contributed by atoms with van der Waals surface area (Å²) in [6, 6.07) is 11.6. The van der Waals surface area contributed by atoms with Crippen LogP contribution in [0, 0.1) is 13.8 Å². The summed E-state index contributed by atoms with van der Waals surface area (Å²) in [6.07, 6.45) is 3.63. The number of nitrogens with one attached hydrogen (secondary N) is 1. The number of para-hydroxylation sites is 1. The fraction of sp³-hybridized carbons (Fsp3) is 0.105. The lowest BCUT2D eigenvalue weighted by molar-refractivity contribution is 0.102. The summed E-state index contributed by atoms with van der Waals surface area (Å²) in [5.74, 6) is -0.208. The zero-order valence-electron chi connectivity index (χ0n) is 13.7. The number of anilines is 1. The first-order valence-electron chi connectivity index (χ1n) is 7.84. The Balaban J connectivity index is 1.82. The number of amides is 1. The van der Waals surface area contributed by atoms with Crippen LogP contribution in [0.2, 0.25) is 0 Å². The lowest BCUT2D eigenvalue weighted by atomic mass is 10.2. The van der Waals surface area contributed by atoms with Crippen LogP contribution in [0.15, 0.2) is 53.3 Å². The number of aryl methyl sites for hydroxylation is 2. The molecule has 0 spiro atoms. The Bertz CT molecular complexity index is 1130. The minimum atomic E-state index is -0.208. The highest BCUT2D eigenvalue weighted by Crippen LogP contribution is 2.25. The van der Waals surface area contributed by atoms with Crippen molar-refractivity contribution in [2.24, 2.45) is 0 Å². The van der Waals surface area contributed by atoms with E-state index in [1.807, 2.05) is 60.8 Å². The van der Waals surface area contributed by atoms with Crippen LogP contribution < -0.4 is 5.32 Å². The fourth-order valence-corrected chi connectivity index (χ4v) is 3.65. The molecule has 0 aliphatic heterocycles. The van der Waals surface area contributed by atoms with E-state index in [1.165, 1.54) is 0 Å². The van der Waals surface area contributed by atoms with Gasteiger partial charge in [-0.2, -0.15) is 0 Å². The van der Waals surface area contributed by atoms with Crippen molar-refractivity contribution in [3.8, 4) is 0 Å². The fourth-order valence-electron chi connectivity index (χ4n) is 3.01. The van der Waals surface area contributed by atoms with Crippen LogP contribution >= 0.6 is 15.9 Å². The molecule has 0 unspecified atom stereocenters. The molecule has 6 heteroatoms. The van der Waals surface area contributed by atoms with Gasteiger partial charge in [-0.05, 0) is 53.5 Å². The first-order valence-corrected chi connectivity index (χ1v) is 8.64. The summed E-state index contributed by atoms with van der Waals surface area (Å²) >= 11 is 3.52. The van der Waals surface area contributed by atoms with Gasteiger partial charge >= 0.3 is 0 Å². The Kier molecular flexibility index (Phi) is 3.77. The average Bonchev–Trinajstić information content (AvgIpc) is 2.91. The molecule has 0 aliphatic carbocycles. The molecule has 25 heavy (non-hydrogen) atoms. The van der Waals surface area contributed by atoms with E-state index in [9.17, 15) is 4.79 Å². The number of hydrogen-bond donors (Lipinski definition) is 1. The maximum absolute atomic E-state index is 13.0. The largest absolute Gasteiger partial charge is 0.319 e. The van der Waals surface area contributed by atoms with Crippen molar-refractivity contribution >= 4 is 44.1 Å². The van der Waals surface area contributed by atoms with Crippen molar-refractivity contribution in [3.63, 3.8) is 0 Å². The van der Waals surface area contributed by atoms with E-state index in [0.29, 0.717) is 17.1 Å². The third kappa shape index (κ3) is 2.68. The normalized spacial score (nSPS) is 11.2. The Labute approximate surface area is 152 Å². The highest BCUT2D eigenvalue weighted by molar-refractivity contribution is 9.10. The molecule has 1 N–H and O–H groups in total. The van der Waals surface area contributed by atoms with Crippen LogP contribution in [0.4, 0.5) is 5.69 Å². The maximum atomic E-state index is 13.0. The third-order valence-corrected chi connectivity index (χ3v) is 4.67. The molecule has 3 heterocycles. The molecule has 1 aromatic carbocycles. The van der Waals surface area contributed by atoms with E-state index >= 15 is 0 Å². The molecule has 0 atom stereocenters. The monoisotopic (exact) mass is 394 g/mol. The Hall–Kier alpha value is -2.73. The van der Waals surface area contributed by atoms with E-state index in [-0.39, 0.29) is 5.91 Å². The van der Waals surface area contributed by atoms with E-state index < -0.39 is 0 Å². The van der Waals surface area contributed by atoms with Gasteiger partial charge in [-0.15, -0.1) is 0 Å². The molecule has 4 aromatic rings. The second kappa shape index (κ2) is 5.97. The summed E-state index contributed by atoms with van der Waals surface area (Å²) < 4.78 is 2.68. The van der Waals surface area contributed by atoms with E-state index in [2.05, 4.69) is 31.2 Å². The van der Waals surface area contributed by atoms with Crippen molar-refractivity contribution < 1.29 is 4.79 Å². The minimum absolute atomic E-state index is 0.208. The van der Waals surface area contributed by atoms with Gasteiger partial charge in [-0.25, -0.2) is 4.98 Å². The van der Waals surface area contributed by atoms with Gasteiger partial charge in [-0.3, -0.25) is 14.2 Å². The van der Waals surface area contributed by atoms with Crippen LogP contribution in [0.3, 0.4) is 0 Å². The molecule has 0 aliphatic rings. The molecule has 1 amide bonds. The van der Waals surface area contributed by atoms with E-state index in [4.69, 9.17) is 0 Å². The predicted octanol–water partition coefficient (Wildman–Crippen LogP) is 4.51. The van der Waals surface area contributed by atoms with Crippen LogP contribution in [0.25, 0.3) is 16.6 Å². The maximum Gasteiger partial charge on any atom is 0.274 e. The number of benzene rings is 1. The number of carbonyl (C=O) groups is 1. The van der Waals surface area contributed by atoms with Gasteiger partial charge in [0.2, 0.25) is 0 Å². The smallest absolute Gasteiger partial charge is 0.274 e. The number of hydrogen-bond acceptors (Lipinski definition) is 3. The summed E-state index contributed by atoms with van der Waals surface area (Å²) in [5.41, 5.74) is 4.41. The van der Waals surface area contributed by atoms with Gasteiger partial charge < -0.3 is 5.32 Å². The Morgan fingerprint density at radius 2 is 2.00 bits per heavy atom. The molecule has 0 saturated heterocycles. The van der Waals surface area contributed by atoms with Crippen LogP contribution in [0.1, 0.15) is 21.7 Å². The number of nitrogens with zero attached hydrogens (tertiary/aromatic N) is 3. The Morgan fingerprint density at radius 3 is 2.84 bits per heavy atom. The van der Waals surface area contributed by atoms with E-state index in [1.54, 1.807) is 6.20 Å². The molecule has 0 fully saturated rings. The first-order chi connectivity index (χ1) is 12.0. The third-order valence-electron chi connectivity index (χ3n) is 4.08. The number of carbonyl (C=O) groups excluding carboxylic acids is 1. The lowest BCUT2D eigenvalue weighted by Crippen LogP contribution is -2.16. The molecule has 0 saturated carbocycles. The van der Waals surface area contributed by atoms with Gasteiger partial charge in [-0.1, -0.05) is 18.2 Å². The lowest BCUT2D eigenvalue weighted by Gasteiger charge is -2.09. The topological polar surface area (TPSA) is 59.3 Å². The molecule has 0 bridgehead atoms. The zero-order valence-corrected chi connectivity index (χ0v) is 15.3. The van der Waals surface area contributed by atoms with Crippen molar-refractivity contribution in [3.05, 3.63) is 70.2 Å². The number of imidazole rings is 1. The number of halogens is 1. The van der Waals surface area contributed by atoms with Crippen molar-refractivity contribution in [2.75, 3.05) is 5.32 Å². The van der Waals surface area contributed by atoms with Crippen molar-refractivity contribution in [1.82, 2.24) is 14.4 Å². The van der Waals surface area contributed by atoms with Gasteiger partial charge in [0.1, 0.15) is 5.69 Å². The predicted molar refractivity (Wildman–Crippen MR) is 102 cm³/mol. The second-order valence-corrected chi connectivity index (χ2v) is 6.79. The number of pyridine rings is 2. The van der Waals surface area contributed by atoms with Crippen molar-refractivity contribution in [2.45, 2.75) is 13.8 Å².